The van der Waals surface area contributed by atoms with Crippen molar-refractivity contribution in [2.24, 2.45) is 0 Å². The van der Waals surface area contributed by atoms with E-state index in [1.165, 1.54) is 61.2 Å². The van der Waals surface area contributed by atoms with Crippen LogP contribution in [0.15, 0.2) is 94.2 Å². The van der Waals surface area contributed by atoms with E-state index in [-0.39, 0.29) is 37.3 Å². The van der Waals surface area contributed by atoms with Gasteiger partial charge in [0.05, 0.1) is 61.1 Å². The van der Waals surface area contributed by atoms with Gasteiger partial charge in [0.25, 0.3) is 0 Å². The fraction of sp³-hybridized carbons (Fsp3) is 0.195. The van der Waals surface area contributed by atoms with Gasteiger partial charge in [0.1, 0.15) is 40.8 Å². The molecular formula is C41H29Cl2F6N5O6S2. The topological polar surface area (TPSA) is 145 Å². The Bertz CT molecular complexity index is 2730. The molecule has 7 rings (SSSR count). The molecule has 0 radical (unpaired) electrons. The molecule has 322 valence electrons. The Morgan fingerprint density at radius 2 is 1.16 bits per heavy atom. The van der Waals surface area contributed by atoms with Crippen LogP contribution < -0.4 is 15.2 Å². The van der Waals surface area contributed by atoms with Crippen LogP contribution in [0.25, 0.3) is 32.5 Å². The van der Waals surface area contributed by atoms with Gasteiger partial charge in [-0.05, 0) is 54.6 Å². The summed E-state index contributed by atoms with van der Waals surface area (Å²) in [4.78, 5) is 24.1. The molecule has 3 aromatic heterocycles. The number of aromatic amines is 1. The van der Waals surface area contributed by atoms with Crippen LogP contribution in [0.5, 0.6) is 11.5 Å². The average Bonchev–Trinajstić information content (AvgIpc) is 3.98. The number of nitriles is 1. The van der Waals surface area contributed by atoms with E-state index in [0.29, 0.717) is 60.2 Å². The number of aromatic nitrogens is 4. The molecule has 7 aromatic rings. The summed E-state index contributed by atoms with van der Waals surface area (Å²) in [7, 11) is 3.05. The number of hydrogen-bond acceptors (Lipinski definition) is 12. The summed E-state index contributed by atoms with van der Waals surface area (Å²) in [5.74, 6) is 0.452. The fourth-order valence-corrected chi connectivity index (χ4v) is 7.88. The molecule has 0 atom stereocenters. The van der Waals surface area contributed by atoms with Crippen molar-refractivity contribution >= 4 is 45.9 Å². The molecule has 0 fully saturated rings. The molecule has 62 heavy (non-hydrogen) atoms. The van der Waals surface area contributed by atoms with Gasteiger partial charge in [-0.2, -0.15) is 31.6 Å². The van der Waals surface area contributed by atoms with Crippen LogP contribution in [0.1, 0.15) is 37.8 Å². The Morgan fingerprint density at radius 1 is 0.694 bits per heavy atom. The number of benzene rings is 4. The van der Waals surface area contributed by atoms with Gasteiger partial charge in [0.15, 0.2) is 5.82 Å². The number of nitrogens with one attached hydrogen (secondary N) is 1. The quantitative estimate of drug-likeness (QED) is 0.111. The second-order valence-corrected chi connectivity index (χ2v) is 15.7. The monoisotopic (exact) mass is 935 g/mol. The molecule has 0 amide bonds. The number of hydrogen-bond donors (Lipinski definition) is 1. The molecule has 0 unspecified atom stereocenters. The van der Waals surface area contributed by atoms with E-state index >= 15 is 0 Å². The van der Waals surface area contributed by atoms with Gasteiger partial charge in [-0.1, -0.05) is 52.6 Å². The van der Waals surface area contributed by atoms with Crippen molar-refractivity contribution in [3.05, 3.63) is 143 Å². The van der Waals surface area contributed by atoms with Gasteiger partial charge in [0, 0.05) is 37.0 Å². The maximum atomic E-state index is 12.8. The third-order valence-corrected chi connectivity index (χ3v) is 11.3. The summed E-state index contributed by atoms with van der Waals surface area (Å²) in [5.41, 5.74) is 1.79. The standard InChI is InChI=1S/C21H15ClF3N3O4S.C20H14ClF3N2O2S/c1-30-9-16-17(33-19(26-16)11-2-4-12(5-3-11)21(23,24)25)10-31-13-6-7-14(15(22)8-13)18-27-20(29)32-28-18;1-27-10-17-18(11-28-15-7-4-13(9-25)16(21)8-15)29-19(26-17)12-2-5-14(6-3-12)20(22,23)24/h2-8H,9-10H2,1H3,(H,27,28,29);2-8H,10-11H2,1H3. The Kier molecular flexibility index (Phi) is 14.7. The first-order valence-corrected chi connectivity index (χ1v) is 20.1. The highest BCUT2D eigenvalue weighted by molar-refractivity contribution is 7.15. The largest absolute Gasteiger partial charge is 0.488 e. The maximum absolute atomic E-state index is 12.8. The molecule has 0 bridgehead atoms. The first kappa shape index (κ1) is 45.8. The first-order valence-electron chi connectivity index (χ1n) is 17.7. The molecule has 0 saturated heterocycles. The van der Waals surface area contributed by atoms with Gasteiger partial charge in [-0.15, -0.1) is 22.7 Å². The molecule has 21 heteroatoms. The number of alkyl halides is 6. The zero-order chi connectivity index (χ0) is 44.6. The number of ether oxygens (including phenoxy) is 4. The van der Waals surface area contributed by atoms with Gasteiger partial charge in [0.2, 0.25) is 0 Å². The Morgan fingerprint density at radius 3 is 1.55 bits per heavy atom. The summed E-state index contributed by atoms with van der Waals surface area (Å²) >= 11 is 14.9. The van der Waals surface area contributed by atoms with Crippen molar-refractivity contribution in [2.75, 3.05) is 14.2 Å². The van der Waals surface area contributed by atoms with Crippen molar-refractivity contribution in [3.8, 4) is 50.1 Å². The number of rotatable bonds is 13. The van der Waals surface area contributed by atoms with E-state index in [2.05, 4.69) is 24.6 Å². The predicted molar refractivity (Wildman–Crippen MR) is 219 cm³/mol. The lowest BCUT2D eigenvalue weighted by atomic mass is 10.1. The van der Waals surface area contributed by atoms with Crippen molar-refractivity contribution in [1.82, 2.24) is 20.1 Å². The number of halogens is 8. The highest BCUT2D eigenvalue weighted by Crippen LogP contribution is 2.36. The molecule has 3 heterocycles. The van der Waals surface area contributed by atoms with Crippen LogP contribution in [0.3, 0.4) is 0 Å². The Balaban J connectivity index is 0.000000209. The molecule has 0 saturated carbocycles. The smallest absolute Gasteiger partial charge is 0.439 e. The Hall–Kier alpha value is -5.75. The van der Waals surface area contributed by atoms with Crippen molar-refractivity contribution in [2.45, 2.75) is 38.8 Å². The van der Waals surface area contributed by atoms with E-state index in [9.17, 15) is 31.1 Å². The number of H-pyrrole nitrogens is 1. The SMILES string of the molecule is COCc1nc(-c2ccc(C(F)(F)F)cc2)sc1COc1ccc(-c2noc(=O)[nH]2)c(Cl)c1.COCc1nc(-c2ccc(C(F)(F)F)cc2)sc1COc1ccc(C#N)c(Cl)c1. The van der Waals surface area contributed by atoms with E-state index in [4.69, 9.17) is 47.4 Å². The normalized spacial score (nSPS) is 11.5. The van der Waals surface area contributed by atoms with Gasteiger partial charge >= 0.3 is 18.1 Å². The Labute approximate surface area is 366 Å². The molecule has 4 aromatic carbocycles. The summed E-state index contributed by atoms with van der Waals surface area (Å²) < 4.78 is 103. The van der Waals surface area contributed by atoms with Crippen LogP contribution in [0, 0.1) is 11.3 Å². The summed E-state index contributed by atoms with van der Waals surface area (Å²) in [6.07, 6.45) is -8.79. The fourth-order valence-electron chi connectivity index (χ4n) is 5.44. The maximum Gasteiger partial charge on any atom is 0.439 e. The molecule has 1 N–H and O–H groups in total. The summed E-state index contributed by atoms with van der Waals surface area (Å²) in [5, 5.41) is 14.2. The lowest BCUT2D eigenvalue weighted by Gasteiger charge is -2.08. The zero-order valence-electron chi connectivity index (χ0n) is 32.0. The van der Waals surface area contributed by atoms with Crippen molar-refractivity contribution in [1.29, 1.82) is 5.26 Å². The highest BCUT2D eigenvalue weighted by Gasteiger charge is 2.31. The van der Waals surface area contributed by atoms with Crippen molar-refractivity contribution < 1.29 is 49.8 Å². The van der Waals surface area contributed by atoms with Crippen molar-refractivity contribution in [3.63, 3.8) is 0 Å². The van der Waals surface area contributed by atoms with Crippen LogP contribution in [0.4, 0.5) is 26.3 Å². The number of methoxy groups -OCH3 is 2. The molecule has 0 aliphatic rings. The highest BCUT2D eigenvalue weighted by atomic mass is 35.5. The van der Waals surface area contributed by atoms with Gasteiger partial charge < -0.3 is 18.9 Å². The second kappa shape index (κ2) is 20.0. The molecule has 0 aliphatic heterocycles. The van der Waals surface area contributed by atoms with E-state index < -0.39 is 29.2 Å². The molecular weight excluding hydrogens is 908 g/mol. The van der Waals surface area contributed by atoms with Crippen LogP contribution in [0.2, 0.25) is 10.0 Å². The van der Waals surface area contributed by atoms with Gasteiger partial charge in [-0.3, -0.25) is 9.51 Å². The molecule has 0 aliphatic carbocycles. The summed E-state index contributed by atoms with van der Waals surface area (Å²) in [6, 6.07) is 21.2. The minimum Gasteiger partial charge on any atom is -0.488 e. The lowest BCUT2D eigenvalue weighted by molar-refractivity contribution is -0.138. The van der Waals surface area contributed by atoms with Crippen LogP contribution in [-0.2, 0) is 48.3 Å². The minimum absolute atomic E-state index is 0.146. The minimum atomic E-state index is -4.40. The van der Waals surface area contributed by atoms with Gasteiger partial charge in [-0.25, -0.2) is 14.8 Å². The summed E-state index contributed by atoms with van der Waals surface area (Å²) in [6.45, 7) is 0.783. The van der Waals surface area contributed by atoms with E-state index in [1.54, 1.807) is 36.4 Å². The number of thiazole rings is 2. The first-order chi connectivity index (χ1) is 29.6. The van der Waals surface area contributed by atoms with Crippen LogP contribution in [-0.4, -0.2) is 34.3 Å². The average molecular weight is 937 g/mol. The molecule has 0 spiro atoms. The third kappa shape index (κ3) is 11.6. The number of nitrogens with zero attached hydrogens (tertiary/aromatic N) is 4. The van der Waals surface area contributed by atoms with E-state index in [1.807, 2.05) is 6.07 Å². The third-order valence-electron chi connectivity index (χ3n) is 8.47. The molecule has 11 nitrogen and oxygen atoms in total. The zero-order valence-corrected chi connectivity index (χ0v) is 35.1. The second-order valence-electron chi connectivity index (χ2n) is 12.7. The predicted octanol–water partition coefficient (Wildman–Crippen LogP) is 11.6. The lowest BCUT2D eigenvalue weighted by Crippen LogP contribution is -2.03. The van der Waals surface area contributed by atoms with Crippen LogP contribution >= 0.6 is 45.9 Å². The van der Waals surface area contributed by atoms with E-state index in [0.717, 1.165) is 34.0 Å².